The van der Waals surface area contributed by atoms with Crippen LogP contribution in [0.25, 0.3) is 0 Å². The maximum absolute atomic E-state index is 11.4. The van der Waals surface area contributed by atoms with Gasteiger partial charge in [-0.3, -0.25) is 4.79 Å². The topological polar surface area (TPSA) is 89.3 Å². The van der Waals surface area contributed by atoms with Crippen LogP contribution in [-0.2, 0) is 21.2 Å². The summed E-state index contributed by atoms with van der Waals surface area (Å²) in [6, 6.07) is 7.31. The first-order valence-corrected chi connectivity index (χ1v) is 7.69. The lowest BCUT2D eigenvalue weighted by atomic mass is 10.1. The Kier molecular flexibility index (Phi) is 5.55. The van der Waals surface area contributed by atoms with Gasteiger partial charge in [-0.2, -0.15) is 0 Å². The molecule has 0 atom stereocenters. The van der Waals surface area contributed by atoms with Gasteiger partial charge in [-0.05, 0) is 17.7 Å². The molecule has 0 aliphatic heterocycles. The fourth-order valence-corrected chi connectivity index (χ4v) is 1.98. The summed E-state index contributed by atoms with van der Waals surface area (Å²) in [5.41, 5.74) is 6.94. The molecule has 0 bridgehead atoms. The normalized spacial score (nSPS) is 10.4. The lowest BCUT2D eigenvalue weighted by Gasteiger charge is -2.05. The lowest BCUT2D eigenvalue weighted by molar-refractivity contribution is -0.118. The minimum atomic E-state index is -3.30. The van der Waals surface area contributed by atoms with Crippen molar-refractivity contribution in [1.82, 2.24) is 5.32 Å². The first-order chi connectivity index (χ1) is 8.90. The molecule has 0 radical (unpaired) electrons. The van der Waals surface area contributed by atoms with E-state index in [9.17, 15) is 13.2 Å². The molecule has 1 aromatic rings. The number of nitrogens with one attached hydrogen (secondary N) is 1. The highest BCUT2D eigenvalue weighted by Crippen LogP contribution is 2.03. The van der Waals surface area contributed by atoms with E-state index in [-0.39, 0.29) is 13.1 Å². The van der Waals surface area contributed by atoms with Gasteiger partial charge >= 0.3 is 0 Å². The van der Waals surface area contributed by atoms with Crippen LogP contribution >= 0.6 is 0 Å². The first-order valence-electron chi connectivity index (χ1n) is 5.63. The van der Waals surface area contributed by atoms with Gasteiger partial charge < -0.3 is 11.1 Å². The summed E-state index contributed by atoms with van der Waals surface area (Å²) in [6.07, 6.45) is 1.02. The van der Waals surface area contributed by atoms with Crippen molar-refractivity contribution >= 4 is 15.7 Å². The van der Waals surface area contributed by atoms with Gasteiger partial charge in [-0.25, -0.2) is 8.42 Å². The molecule has 0 heterocycles. The molecule has 0 spiro atoms. The average molecular weight is 280 g/mol. The van der Waals surface area contributed by atoms with E-state index in [0.717, 1.165) is 17.4 Å². The van der Waals surface area contributed by atoms with Crippen molar-refractivity contribution in [3.8, 4) is 11.8 Å². The smallest absolute Gasteiger partial charge is 0.235 e. The molecule has 1 aromatic carbocycles. The minimum Gasteiger partial charge on any atom is -0.351 e. The van der Waals surface area contributed by atoms with Crippen molar-refractivity contribution in [3.05, 3.63) is 35.4 Å². The maximum atomic E-state index is 11.4. The number of sulfone groups is 1. The molecule has 5 nitrogen and oxygen atoms in total. The van der Waals surface area contributed by atoms with E-state index in [1.54, 1.807) is 0 Å². The monoisotopic (exact) mass is 280 g/mol. The van der Waals surface area contributed by atoms with Crippen LogP contribution in [0.5, 0.6) is 0 Å². The Morgan fingerprint density at radius 2 is 2.16 bits per heavy atom. The molecule has 0 aromatic heterocycles. The quantitative estimate of drug-likeness (QED) is 0.738. The first kappa shape index (κ1) is 15.2. The van der Waals surface area contributed by atoms with Crippen molar-refractivity contribution in [2.75, 3.05) is 18.6 Å². The second-order valence-electron chi connectivity index (χ2n) is 4.05. The summed E-state index contributed by atoms with van der Waals surface area (Å²) in [6.45, 7) is 0.557. The minimum absolute atomic E-state index is 0.270. The van der Waals surface area contributed by atoms with Gasteiger partial charge in [0.15, 0.2) is 9.84 Å². The van der Waals surface area contributed by atoms with Gasteiger partial charge in [-0.1, -0.05) is 24.0 Å². The summed E-state index contributed by atoms with van der Waals surface area (Å²) < 4.78 is 21.9. The number of amides is 1. The van der Waals surface area contributed by atoms with Gasteiger partial charge in [0.25, 0.3) is 0 Å². The maximum Gasteiger partial charge on any atom is 0.235 e. The lowest BCUT2D eigenvalue weighted by Crippen LogP contribution is -2.29. The Morgan fingerprint density at radius 3 is 2.79 bits per heavy atom. The molecule has 102 valence electrons. The van der Waals surface area contributed by atoms with Crippen LogP contribution in [0.15, 0.2) is 24.3 Å². The van der Waals surface area contributed by atoms with Crippen LogP contribution in [0.4, 0.5) is 0 Å². The van der Waals surface area contributed by atoms with Crippen molar-refractivity contribution in [2.24, 2.45) is 5.73 Å². The van der Waals surface area contributed by atoms with Gasteiger partial charge in [0.05, 0.1) is 6.54 Å². The number of carbonyl (C=O) groups is 1. The molecular weight excluding hydrogens is 264 g/mol. The molecule has 0 saturated heterocycles. The van der Waals surface area contributed by atoms with Crippen molar-refractivity contribution in [2.45, 2.75) is 6.54 Å². The number of benzene rings is 1. The molecule has 6 heteroatoms. The van der Waals surface area contributed by atoms with E-state index in [0.29, 0.717) is 0 Å². The Morgan fingerprint density at radius 1 is 1.42 bits per heavy atom. The SMILES string of the molecule is CS(=O)(=O)CC(=O)NCc1cccc(C#CCN)c1. The zero-order chi connectivity index (χ0) is 14.3. The Labute approximate surface area is 113 Å². The molecule has 0 aliphatic carbocycles. The second-order valence-corrected chi connectivity index (χ2v) is 6.19. The van der Waals surface area contributed by atoms with Gasteiger partial charge in [0, 0.05) is 18.4 Å². The van der Waals surface area contributed by atoms with Gasteiger partial charge in [0.2, 0.25) is 5.91 Å². The van der Waals surface area contributed by atoms with Crippen molar-refractivity contribution in [1.29, 1.82) is 0 Å². The number of rotatable bonds is 4. The van der Waals surface area contributed by atoms with Crippen LogP contribution in [0.2, 0.25) is 0 Å². The molecule has 1 rings (SSSR count). The van der Waals surface area contributed by atoms with E-state index >= 15 is 0 Å². The third-order valence-electron chi connectivity index (χ3n) is 2.14. The van der Waals surface area contributed by atoms with Gasteiger partial charge in [0.1, 0.15) is 5.75 Å². The largest absolute Gasteiger partial charge is 0.351 e. The molecular formula is C13H16N2O3S. The van der Waals surface area contributed by atoms with Crippen LogP contribution < -0.4 is 11.1 Å². The highest BCUT2D eigenvalue weighted by atomic mass is 32.2. The summed E-state index contributed by atoms with van der Waals surface area (Å²) >= 11 is 0. The van der Waals surface area contributed by atoms with Crippen LogP contribution in [-0.4, -0.2) is 32.9 Å². The standard InChI is InChI=1S/C13H16N2O3S/c1-19(17,18)10-13(16)15-9-12-5-2-4-11(8-12)6-3-7-14/h2,4-5,8H,7,9-10,14H2,1H3,(H,15,16). The van der Waals surface area contributed by atoms with Gasteiger partial charge in [-0.15, -0.1) is 0 Å². The fourth-order valence-electron chi connectivity index (χ4n) is 1.40. The molecule has 0 unspecified atom stereocenters. The molecule has 0 fully saturated rings. The summed E-state index contributed by atoms with van der Waals surface area (Å²) in [5.74, 6) is 4.61. The molecule has 3 N–H and O–H groups in total. The number of hydrogen-bond acceptors (Lipinski definition) is 4. The van der Waals surface area contributed by atoms with E-state index in [1.807, 2.05) is 24.3 Å². The Balaban J connectivity index is 2.61. The summed E-state index contributed by atoms with van der Waals surface area (Å²) in [4.78, 5) is 11.4. The average Bonchev–Trinajstić information content (AvgIpc) is 2.32. The molecule has 1 amide bonds. The Bertz CT molecular complexity index is 612. The van der Waals surface area contributed by atoms with Crippen LogP contribution in [0.3, 0.4) is 0 Å². The Hall–Kier alpha value is -1.84. The predicted octanol–water partition coefficient (Wildman–Crippen LogP) is -0.342. The molecule has 19 heavy (non-hydrogen) atoms. The van der Waals surface area contributed by atoms with E-state index in [2.05, 4.69) is 17.2 Å². The third kappa shape index (κ3) is 6.60. The fraction of sp³-hybridized carbons (Fsp3) is 0.308. The van der Waals surface area contributed by atoms with Crippen molar-refractivity contribution < 1.29 is 13.2 Å². The van der Waals surface area contributed by atoms with Crippen molar-refractivity contribution in [3.63, 3.8) is 0 Å². The number of carbonyl (C=O) groups excluding carboxylic acids is 1. The molecule has 0 aliphatic rings. The second kappa shape index (κ2) is 6.92. The third-order valence-corrected chi connectivity index (χ3v) is 2.93. The highest BCUT2D eigenvalue weighted by Gasteiger charge is 2.09. The molecule has 0 saturated carbocycles. The van der Waals surface area contributed by atoms with E-state index in [4.69, 9.17) is 5.73 Å². The van der Waals surface area contributed by atoms with E-state index < -0.39 is 21.5 Å². The van der Waals surface area contributed by atoms with Crippen LogP contribution in [0.1, 0.15) is 11.1 Å². The summed E-state index contributed by atoms with van der Waals surface area (Å²) in [5, 5.41) is 2.55. The zero-order valence-electron chi connectivity index (χ0n) is 10.6. The van der Waals surface area contributed by atoms with Crippen LogP contribution in [0, 0.1) is 11.8 Å². The van der Waals surface area contributed by atoms with E-state index in [1.165, 1.54) is 0 Å². The highest BCUT2D eigenvalue weighted by molar-refractivity contribution is 7.91. The predicted molar refractivity (Wildman–Crippen MR) is 73.9 cm³/mol. The number of nitrogens with two attached hydrogens (primary N) is 1. The number of hydrogen-bond donors (Lipinski definition) is 2. The zero-order valence-corrected chi connectivity index (χ0v) is 11.5. The summed E-state index contributed by atoms with van der Waals surface area (Å²) in [7, 11) is -3.30.